The highest BCUT2D eigenvalue weighted by atomic mass is 31.2. The second kappa shape index (κ2) is 8.90. The monoisotopic (exact) mass is 410 g/mol. The van der Waals surface area contributed by atoms with E-state index in [1.54, 1.807) is 7.11 Å². The highest BCUT2D eigenvalue weighted by Gasteiger charge is 2.40. The number of nitrogens with zero attached hydrogens (tertiary/aromatic N) is 2. The highest BCUT2D eigenvalue weighted by Crippen LogP contribution is 2.63. The number of non-ortho nitro benzene ring substituents is 1. The summed E-state index contributed by atoms with van der Waals surface area (Å²) in [6, 6.07) is 8.04. The standard InChI is InChI=1S/C19H27N2O6P/c1-14-7-10-18(27-14)28(19(2,3)4,26-12-11-24-5)20-16-13-15(21(22)23)8-9-17(16)25-6/h7-10,13H,11-12H2,1-6H3. The van der Waals surface area contributed by atoms with Crippen molar-refractivity contribution in [1.29, 1.82) is 0 Å². The van der Waals surface area contributed by atoms with Crippen molar-refractivity contribution in [3.05, 3.63) is 46.2 Å². The Kier molecular flexibility index (Phi) is 7.04. The van der Waals surface area contributed by atoms with Gasteiger partial charge in [0.05, 0.1) is 25.2 Å². The average molecular weight is 410 g/mol. The summed E-state index contributed by atoms with van der Waals surface area (Å²) in [6.07, 6.45) is 0. The fraction of sp³-hybridized carbons (Fsp3) is 0.474. The highest BCUT2D eigenvalue weighted by molar-refractivity contribution is 7.70. The molecule has 154 valence electrons. The predicted octanol–water partition coefficient (Wildman–Crippen LogP) is 5.04. The molecule has 1 aromatic heterocycles. The minimum atomic E-state index is -2.78. The third kappa shape index (κ3) is 4.63. The smallest absolute Gasteiger partial charge is 0.271 e. The second-order valence-corrected chi connectivity index (χ2v) is 10.6. The first-order valence-electron chi connectivity index (χ1n) is 8.80. The van der Waals surface area contributed by atoms with Crippen molar-refractivity contribution in [2.45, 2.75) is 32.9 Å². The fourth-order valence-corrected chi connectivity index (χ4v) is 5.65. The Balaban J connectivity index is 2.80. The number of nitro groups is 1. The van der Waals surface area contributed by atoms with E-state index in [4.69, 9.17) is 23.2 Å². The van der Waals surface area contributed by atoms with E-state index in [1.807, 2.05) is 39.8 Å². The van der Waals surface area contributed by atoms with Crippen LogP contribution < -0.4 is 10.2 Å². The van der Waals surface area contributed by atoms with Gasteiger partial charge < -0.3 is 18.4 Å². The van der Waals surface area contributed by atoms with Gasteiger partial charge in [-0.2, -0.15) is 0 Å². The number of methoxy groups -OCH3 is 2. The topological polar surface area (TPSA) is 96.3 Å². The van der Waals surface area contributed by atoms with Gasteiger partial charge in [0.2, 0.25) is 0 Å². The molecule has 0 fully saturated rings. The first-order valence-corrected chi connectivity index (χ1v) is 10.5. The number of nitro benzene ring substituents is 1. The van der Waals surface area contributed by atoms with E-state index in [-0.39, 0.29) is 5.69 Å². The molecule has 0 saturated heterocycles. The van der Waals surface area contributed by atoms with Crippen LogP contribution in [0.25, 0.3) is 0 Å². The van der Waals surface area contributed by atoms with Crippen molar-refractivity contribution in [3.8, 4) is 5.75 Å². The normalized spacial score (nSPS) is 13.8. The molecule has 0 aliphatic carbocycles. The molecule has 0 N–H and O–H groups in total. The lowest BCUT2D eigenvalue weighted by atomic mass is 10.2. The Hall–Kier alpha value is -2.15. The molecule has 8 nitrogen and oxygen atoms in total. The fourth-order valence-electron chi connectivity index (χ4n) is 2.68. The summed E-state index contributed by atoms with van der Waals surface area (Å²) in [5, 5.41) is 10.8. The number of furan rings is 1. The summed E-state index contributed by atoms with van der Waals surface area (Å²) in [7, 11) is 0.318. The Morgan fingerprint density at radius 1 is 1.18 bits per heavy atom. The summed E-state index contributed by atoms with van der Waals surface area (Å²) in [5.41, 5.74) is 0.896. The van der Waals surface area contributed by atoms with Crippen molar-refractivity contribution < 1.29 is 23.3 Å². The van der Waals surface area contributed by atoms with Crippen LogP contribution in [0.4, 0.5) is 11.4 Å². The molecule has 1 atom stereocenters. The van der Waals surface area contributed by atoms with Crippen LogP contribution in [0.1, 0.15) is 26.5 Å². The molecule has 2 rings (SSSR count). The van der Waals surface area contributed by atoms with Crippen LogP contribution in [0.5, 0.6) is 5.75 Å². The molecule has 0 aliphatic heterocycles. The van der Waals surface area contributed by atoms with Gasteiger partial charge in [0.1, 0.15) is 17.2 Å². The zero-order chi connectivity index (χ0) is 20.9. The number of aryl methyl sites for hydroxylation is 1. The zero-order valence-corrected chi connectivity index (χ0v) is 18.0. The van der Waals surface area contributed by atoms with Crippen LogP contribution in [-0.4, -0.2) is 37.5 Å². The van der Waals surface area contributed by atoms with E-state index in [9.17, 15) is 10.1 Å². The van der Waals surface area contributed by atoms with Gasteiger partial charge in [-0.1, -0.05) is 20.8 Å². The lowest BCUT2D eigenvalue weighted by Gasteiger charge is -2.35. The maximum Gasteiger partial charge on any atom is 0.271 e. The molecular weight excluding hydrogens is 383 g/mol. The van der Waals surface area contributed by atoms with Crippen LogP contribution in [0.15, 0.2) is 39.5 Å². The average Bonchev–Trinajstić information content (AvgIpc) is 3.06. The maximum absolute atomic E-state index is 11.3. The molecule has 0 bridgehead atoms. The Labute approximate surface area is 165 Å². The first kappa shape index (κ1) is 22.1. The first-order chi connectivity index (χ1) is 13.1. The number of hydrogen-bond acceptors (Lipinski definition) is 7. The van der Waals surface area contributed by atoms with Gasteiger partial charge in [-0.05, 0) is 25.1 Å². The van der Waals surface area contributed by atoms with Crippen LogP contribution in [-0.2, 0) is 9.26 Å². The molecule has 9 heteroatoms. The quantitative estimate of drug-likeness (QED) is 0.262. The molecule has 1 unspecified atom stereocenters. The number of benzene rings is 1. The predicted molar refractivity (Wildman–Crippen MR) is 109 cm³/mol. The minimum absolute atomic E-state index is 0.0703. The molecule has 0 spiro atoms. The van der Waals surface area contributed by atoms with E-state index < -0.39 is 17.4 Å². The van der Waals surface area contributed by atoms with Crippen LogP contribution in [0.2, 0.25) is 0 Å². The summed E-state index contributed by atoms with van der Waals surface area (Å²) >= 11 is 0. The molecule has 0 aliphatic rings. The van der Waals surface area contributed by atoms with Crippen LogP contribution in [0, 0.1) is 17.0 Å². The number of hydrogen-bond donors (Lipinski definition) is 0. The lowest BCUT2D eigenvalue weighted by molar-refractivity contribution is -0.384. The molecular formula is C19H27N2O6P. The summed E-state index contributed by atoms with van der Waals surface area (Å²) < 4.78 is 27.8. The van der Waals surface area contributed by atoms with Crippen molar-refractivity contribution in [1.82, 2.24) is 0 Å². The maximum atomic E-state index is 11.3. The Bertz CT molecular complexity index is 885. The molecule has 1 aromatic carbocycles. The number of ether oxygens (including phenoxy) is 2. The van der Waals surface area contributed by atoms with Crippen molar-refractivity contribution >= 4 is 24.2 Å². The number of rotatable bonds is 8. The Morgan fingerprint density at radius 3 is 2.39 bits per heavy atom. The third-order valence-corrected chi connectivity index (χ3v) is 7.83. The molecule has 1 heterocycles. The van der Waals surface area contributed by atoms with E-state index >= 15 is 0 Å². The van der Waals surface area contributed by atoms with E-state index in [0.717, 1.165) is 5.76 Å². The van der Waals surface area contributed by atoms with Crippen molar-refractivity contribution in [2.75, 3.05) is 27.4 Å². The van der Waals surface area contributed by atoms with E-state index in [2.05, 4.69) is 0 Å². The largest absolute Gasteiger partial charge is 0.494 e. The summed E-state index contributed by atoms with van der Waals surface area (Å²) in [5.74, 6) is 1.16. The molecule has 0 saturated carbocycles. The van der Waals surface area contributed by atoms with Gasteiger partial charge in [-0.3, -0.25) is 10.1 Å². The van der Waals surface area contributed by atoms with Gasteiger partial charge >= 0.3 is 0 Å². The molecule has 0 amide bonds. The second-order valence-electron chi connectivity index (χ2n) is 7.17. The van der Waals surface area contributed by atoms with E-state index in [1.165, 1.54) is 25.3 Å². The van der Waals surface area contributed by atoms with Gasteiger partial charge in [0, 0.05) is 24.4 Å². The zero-order valence-electron chi connectivity index (χ0n) is 17.1. The van der Waals surface area contributed by atoms with E-state index in [0.29, 0.717) is 30.2 Å². The molecule has 0 radical (unpaired) electrons. The van der Waals surface area contributed by atoms with Gasteiger partial charge in [-0.25, -0.2) is 4.74 Å². The Morgan fingerprint density at radius 2 is 1.89 bits per heavy atom. The van der Waals surface area contributed by atoms with Crippen molar-refractivity contribution in [3.63, 3.8) is 0 Å². The van der Waals surface area contributed by atoms with Gasteiger partial charge in [0.25, 0.3) is 5.69 Å². The summed E-state index contributed by atoms with van der Waals surface area (Å²) in [6.45, 7) is 8.58. The molecule has 28 heavy (non-hydrogen) atoms. The SMILES string of the molecule is COCCOP(=Nc1cc([N+](=O)[O-])ccc1OC)(c1ccc(C)o1)C(C)(C)C. The lowest BCUT2D eigenvalue weighted by Crippen LogP contribution is -2.25. The van der Waals surface area contributed by atoms with Crippen LogP contribution in [0.3, 0.4) is 0 Å². The third-order valence-electron chi connectivity index (χ3n) is 4.12. The van der Waals surface area contributed by atoms with Crippen molar-refractivity contribution in [2.24, 2.45) is 4.74 Å². The van der Waals surface area contributed by atoms with Gasteiger partial charge in [0.15, 0.2) is 12.8 Å². The van der Waals surface area contributed by atoms with Gasteiger partial charge in [-0.15, -0.1) is 0 Å². The van der Waals surface area contributed by atoms with Crippen LogP contribution >= 0.6 is 7.28 Å². The molecule has 2 aromatic rings. The summed E-state index contributed by atoms with van der Waals surface area (Å²) in [4.78, 5) is 10.8. The minimum Gasteiger partial charge on any atom is -0.494 e.